The molecule has 1 N–H and O–H groups in total. The Labute approximate surface area is 76.4 Å². The fourth-order valence-electron chi connectivity index (χ4n) is 1.54. The first kappa shape index (κ1) is 8.41. The van der Waals surface area contributed by atoms with Gasteiger partial charge >= 0.3 is 0 Å². The molecular weight excluding hydrogens is 169 g/mol. The molecule has 1 aromatic heterocycles. The van der Waals surface area contributed by atoms with Crippen LogP contribution in [0, 0.1) is 5.95 Å². The normalized spacial score (nSPS) is 19.2. The quantitative estimate of drug-likeness (QED) is 0.758. The molecule has 0 spiro atoms. The summed E-state index contributed by atoms with van der Waals surface area (Å²) >= 11 is 0. The standard InChI is InChI=1S/C9H12FN3/c1-9(3-2-4-9)13-8-6-11-5-7(10)12-8/h5-6H,2-4H2,1H3,(H,12,13). The molecule has 3 nitrogen and oxygen atoms in total. The lowest BCUT2D eigenvalue weighted by atomic mass is 9.78. The number of anilines is 1. The molecule has 2 rings (SSSR count). The van der Waals surface area contributed by atoms with Crippen LogP contribution < -0.4 is 5.32 Å². The molecule has 0 bridgehead atoms. The molecule has 1 aliphatic carbocycles. The third kappa shape index (κ3) is 1.76. The average molecular weight is 181 g/mol. The van der Waals surface area contributed by atoms with Gasteiger partial charge in [-0.1, -0.05) is 0 Å². The Kier molecular flexibility index (Phi) is 1.90. The smallest absolute Gasteiger partial charge is 0.233 e. The molecule has 0 radical (unpaired) electrons. The summed E-state index contributed by atoms with van der Waals surface area (Å²) in [6, 6.07) is 0. The van der Waals surface area contributed by atoms with E-state index in [0.717, 1.165) is 19.0 Å². The number of halogens is 1. The van der Waals surface area contributed by atoms with E-state index in [0.29, 0.717) is 5.82 Å². The molecule has 1 fully saturated rings. The molecule has 0 saturated heterocycles. The van der Waals surface area contributed by atoms with Crippen molar-refractivity contribution in [3.8, 4) is 0 Å². The van der Waals surface area contributed by atoms with Crippen molar-refractivity contribution < 1.29 is 4.39 Å². The average Bonchev–Trinajstić information content (AvgIpc) is 2.01. The summed E-state index contributed by atoms with van der Waals surface area (Å²) in [7, 11) is 0. The van der Waals surface area contributed by atoms with Gasteiger partial charge in [0.05, 0.1) is 12.4 Å². The third-order valence-electron chi connectivity index (χ3n) is 2.49. The molecular formula is C9H12FN3. The van der Waals surface area contributed by atoms with Gasteiger partial charge in [0.1, 0.15) is 5.82 Å². The van der Waals surface area contributed by atoms with Crippen molar-refractivity contribution in [2.24, 2.45) is 0 Å². The van der Waals surface area contributed by atoms with Crippen molar-refractivity contribution in [2.75, 3.05) is 5.32 Å². The largest absolute Gasteiger partial charge is 0.364 e. The van der Waals surface area contributed by atoms with Crippen LogP contribution in [0.25, 0.3) is 0 Å². The van der Waals surface area contributed by atoms with E-state index in [1.54, 1.807) is 6.20 Å². The van der Waals surface area contributed by atoms with Crippen molar-refractivity contribution >= 4 is 5.82 Å². The fraction of sp³-hybridized carbons (Fsp3) is 0.556. The Morgan fingerprint density at radius 2 is 2.23 bits per heavy atom. The van der Waals surface area contributed by atoms with E-state index >= 15 is 0 Å². The van der Waals surface area contributed by atoms with E-state index in [1.165, 1.54) is 6.42 Å². The van der Waals surface area contributed by atoms with Gasteiger partial charge in [-0.15, -0.1) is 0 Å². The Morgan fingerprint density at radius 1 is 1.46 bits per heavy atom. The number of nitrogens with zero attached hydrogens (tertiary/aromatic N) is 2. The van der Waals surface area contributed by atoms with Crippen molar-refractivity contribution in [1.82, 2.24) is 9.97 Å². The molecule has 1 saturated carbocycles. The van der Waals surface area contributed by atoms with Crippen LogP contribution in [0.4, 0.5) is 10.2 Å². The molecule has 1 aliphatic rings. The maximum absolute atomic E-state index is 12.7. The summed E-state index contributed by atoms with van der Waals surface area (Å²) < 4.78 is 12.7. The summed E-state index contributed by atoms with van der Waals surface area (Å²) in [4.78, 5) is 7.43. The van der Waals surface area contributed by atoms with Gasteiger partial charge in [-0.3, -0.25) is 4.98 Å². The molecule has 0 unspecified atom stereocenters. The highest BCUT2D eigenvalue weighted by Gasteiger charge is 2.31. The minimum Gasteiger partial charge on any atom is -0.364 e. The minimum absolute atomic E-state index is 0.0997. The second kappa shape index (κ2) is 2.94. The van der Waals surface area contributed by atoms with E-state index < -0.39 is 5.95 Å². The summed E-state index contributed by atoms with van der Waals surface area (Å²) in [6.07, 6.45) is 6.11. The van der Waals surface area contributed by atoms with Crippen LogP contribution in [0.5, 0.6) is 0 Å². The fourth-order valence-corrected chi connectivity index (χ4v) is 1.54. The van der Waals surface area contributed by atoms with Gasteiger partial charge in [0.15, 0.2) is 0 Å². The SMILES string of the molecule is CC1(Nc2cncc(F)n2)CCC1. The molecule has 1 aromatic rings. The lowest BCUT2D eigenvalue weighted by Gasteiger charge is -2.39. The first-order valence-corrected chi connectivity index (χ1v) is 4.44. The molecule has 0 atom stereocenters. The van der Waals surface area contributed by atoms with Gasteiger partial charge in [0.25, 0.3) is 0 Å². The van der Waals surface area contributed by atoms with Gasteiger partial charge in [-0.25, -0.2) is 0 Å². The Morgan fingerprint density at radius 3 is 2.77 bits per heavy atom. The molecule has 70 valence electrons. The van der Waals surface area contributed by atoms with Crippen molar-refractivity contribution in [3.63, 3.8) is 0 Å². The lowest BCUT2D eigenvalue weighted by molar-refractivity contribution is 0.305. The lowest BCUT2D eigenvalue weighted by Crippen LogP contribution is -2.41. The third-order valence-corrected chi connectivity index (χ3v) is 2.49. The monoisotopic (exact) mass is 181 g/mol. The number of hydrogen-bond donors (Lipinski definition) is 1. The van der Waals surface area contributed by atoms with Gasteiger partial charge in [0.2, 0.25) is 5.95 Å². The van der Waals surface area contributed by atoms with E-state index in [1.807, 2.05) is 0 Å². The van der Waals surface area contributed by atoms with E-state index in [9.17, 15) is 4.39 Å². The van der Waals surface area contributed by atoms with E-state index in [4.69, 9.17) is 0 Å². The highest BCUT2D eigenvalue weighted by molar-refractivity contribution is 5.35. The summed E-state index contributed by atoms with van der Waals surface area (Å²) in [5, 5.41) is 3.18. The van der Waals surface area contributed by atoms with Crippen LogP contribution in [-0.4, -0.2) is 15.5 Å². The van der Waals surface area contributed by atoms with Crippen LogP contribution in [0.15, 0.2) is 12.4 Å². The number of hydrogen-bond acceptors (Lipinski definition) is 3. The number of nitrogens with one attached hydrogen (secondary N) is 1. The van der Waals surface area contributed by atoms with Gasteiger partial charge in [-0.05, 0) is 26.2 Å². The molecule has 1 heterocycles. The highest BCUT2D eigenvalue weighted by atomic mass is 19.1. The van der Waals surface area contributed by atoms with Crippen LogP contribution in [0.1, 0.15) is 26.2 Å². The maximum atomic E-state index is 12.7. The van der Waals surface area contributed by atoms with Crippen LogP contribution in [-0.2, 0) is 0 Å². The first-order chi connectivity index (χ1) is 6.18. The topological polar surface area (TPSA) is 37.8 Å². The summed E-state index contributed by atoms with van der Waals surface area (Å²) in [5.41, 5.74) is 0.0997. The highest BCUT2D eigenvalue weighted by Crippen LogP contribution is 2.33. The van der Waals surface area contributed by atoms with Crippen molar-refractivity contribution in [3.05, 3.63) is 18.3 Å². The first-order valence-electron chi connectivity index (χ1n) is 4.44. The minimum atomic E-state index is -0.534. The van der Waals surface area contributed by atoms with Crippen LogP contribution in [0.2, 0.25) is 0 Å². The van der Waals surface area contributed by atoms with E-state index in [-0.39, 0.29) is 5.54 Å². The molecule has 4 heteroatoms. The zero-order chi connectivity index (χ0) is 9.31. The second-order valence-electron chi connectivity index (χ2n) is 3.77. The summed E-state index contributed by atoms with van der Waals surface area (Å²) in [6.45, 7) is 2.11. The van der Waals surface area contributed by atoms with Crippen molar-refractivity contribution in [1.29, 1.82) is 0 Å². The molecule has 0 amide bonds. The predicted octanol–water partition coefficient (Wildman–Crippen LogP) is 1.97. The number of rotatable bonds is 2. The Balaban J connectivity index is 2.09. The summed E-state index contributed by atoms with van der Waals surface area (Å²) in [5.74, 6) is -0.00452. The molecule has 0 aliphatic heterocycles. The Hall–Kier alpha value is -1.19. The number of aromatic nitrogens is 2. The molecule has 13 heavy (non-hydrogen) atoms. The maximum Gasteiger partial charge on any atom is 0.233 e. The van der Waals surface area contributed by atoms with Gasteiger partial charge in [0, 0.05) is 5.54 Å². The van der Waals surface area contributed by atoms with E-state index in [2.05, 4.69) is 22.2 Å². The van der Waals surface area contributed by atoms with Crippen molar-refractivity contribution in [2.45, 2.75) is 31.7 Å². The van der Waals surface area contributed by atoms with Gasteiger partial charge < -0.3 is 5.32 Å². The molecule has 0 aromatic carbocycles. The second-order valence-corrected chi connectivity index (χ2v) is 3.77. The zero-order valence-electron chi connectivity index (χ0n) is 7.55. The van der Waals surface area contributed by atoms with Gasteiger partial charge in [-0.2, -0.15) is 9.37 Å². The van der Waals surface area contributed by atoms with Crippen LogP contribution in [0.3, 0.4) is 0 Å². The van der Waals surface area contributed by atoms with Crippen LogP contribution >= 0.6 is 0 Å². The predicted molar refractivity (Wildman–Crippen MR) is 47.9 cm³/mol. The Bertz CT molecular complexity index is 309. The zero-order valence-corrected chi connectivity index (χ0v) is 7.55.